The van der Waals surface area contributed by atoms with Gasteiger partial charge in [-0.1, -0.05) is 45.6 Å². The van der Waals surface area contributed by atoms with Gasteiger partial charge < -0.3 is 20.1 Å². The summed E-state index contributed by atoms with van der Waals surface area (Å²) in [7, 11) is 1.63. The van der Waals surface area contributed by atoms with Gasteiger partial charge >= 0.3 is 5.97 Å². The Labute approximate surface area is 254 Å². The monoisotopic (exact) mass is 591 g/mol. The van der Waals surface area contributed by atoms with Gasteiger partial charge in [-0.05, 0) is 68.7 Å². The van der Waals surface area contributed by atoms with Gasteiger partial charge in [0.1, 0.15) is 23.7 Å². The number of cyclic esters (lactones) is 1. The van der Waals surface area contributed by atoms with Crippen molar-refractivity contribution in [1.29, 1.82) is 0 Å². The molecule has 4 rings (SSSR count). The Morgan fingerprint density at radius 2 is 1.86 bits per heavy atom. The molecule has 0 radical (unpaired) electrons. The fourth-order valence-corrected chi connectivity index (χ4v) is 5.50. The molecule has 2 aliphatic heterocycles. The second-order valence-electron chi connectivity index (χ2n) is 12.3. The quantitative estimate of drug-likeness (QED) is 0.448. The number of methoxy groups -OCH3 is 1. The Morgan fingerprint density at radius 3 is 2.56 bits per heavy atom. The molecular formula is C33H45N5O5. The van der Waals surface area contributed by atoms with Crippen molar-refractivity contribution in [2.24, 2.45) is 11.8 Å². The number of hydrazine groups is 1. The highest BCUT2D eigenvalue weighted by Gasteiger charge is 2.42. The lowest BCUT2D eigenvalue weighted by Crippen LogP contribution is -2.65. The Bertz CT molecular complexity index is 1410. The second kappa shape index (κ2) is 13.3. The Balaban J connectivity index is 1.71. The SMILES string of the molecule is C=C1NC(C(C)C)C(=O)NC(C)C(=O)N2CCCC(C)(N2)C(=O)O[C@H](C)c2ccc3cnc(cc3c2)/C=C/C(OC)C1C. The molecule has 3 heterocycles. The minimum absolute atomic E-state index is 0.0896. The summed E-state index contributed by atoms with van der Waals surface area (Å²) in [6, 6.07) is 6.42. The fourth-order valence-electron chi connectivity index (χ4n) is 5.50. The number of benzene rings is 1. The van der Waals surface area contributed by atoms with E-state index in [2.05, 4.69) is 27.6 Å². The topological polar surface area (TPSA) is 122 Å². The molecule has 0 spiro atoms. The number of ether oxygens (including phenoxy) is 2. The van der Waals surface area contributed by atoms with E-state index in [9.17, 15) is 14.4 Å². The average molecular weight is 592 g/mol. The van der Waals surface area contributed by atoms with Crippen LogP contribution in [0, 0.1) is 11.8 Å². The van der Waals surface area contributed by atoms with Gasteiger partial charge in [-0.3, -0.25) is 19.6 Å². The summed E-state index contributed by atoms with van der Waals surface area (Å²) in [5, 5.41) is 9.49. The van der Waals surface area contributed by atoms with Gasteiger partial charge in [0.25, 0.3) is 5.91 Å². The Morgan fingerprint density at radius 1 is 1.12 bits per heavy atom. The number of hydrogen-bond donors (Lipinski definition) is 3. The predicted octanol–water partition coefficient (Wildman–Crippen LogP) is 4.04. The number of esters is 1. The van der Waals surface area contributed by atoms with E-state index in [0.717, 1.165) is 22.0 Å². The van der Waals surface area contributed by atoms with Crippen LogP contribution in [-0.2, 0) is 23.9 Å². The van der Waals surface area contributed by atoms with Crippen LogP contribution in [0.4, 0.5) is 0 Å². The normalized spacial score (nSPS) is 30.4. The van der Waals surface area contributed by atoms with E-state index in [1.807, 2.05) is 70.3 Å². The first kappa shape index (κ1) is 32.2. The lowest BCUT2D eigenvalue weighted by molar-refractivity contribution is -0.164. The maximum Gasteiger partial charge on any atom is 0.328 e. The molecule has 10 heteroatoms. The molecule has 1 aromatic carbocycles. The smallest absolute Gasteiger partial charge is 0.328 e. The minimum Gasteiger partial charge on any atom is -0.456 e. The molecule has 2 aliphatic rings. The summed E-state index contributed by atoms with van der Waals surface area (Å²) in [6.07, 6.45) is 5.90. The van der Waals surface area contributed by atoms with Crippen molar-refractivity contribution in [3.8, 4) is 0 Å². The van der Waals surface area contributed by atoms with Gasteiger partial charge in [0.05, 0.1) is 11.8 Å². The summed E-state index contributed by atoms with van der Waals surface area (Å²) in [5.74, 6) is -1.36. The number of amides is 2. The third-order valence-electron chi connectivity index (χ3n) is 8.47. The van der Waals surface area contributed by atoms with E-state index in [0.29, 0.717) is 25.1 Å². The van der Waals surface area contributed by atoms with E-state index in [1.54, 1.807) is 21.0 Å². The summed E-state index contributed by atoms with van der Waals surface area (Å²) in [5.41, 5.74) is 4.24. The van der Waals surface area contributed by atoms with Crippen molar-refractivity contribution in [3.05, 3.63) is 60.1 Å². The third-order valence-corrected chi connectivity index (χ3v) is 8.47. The molecule has 3 N–H and O–H groups in total. The molecule has 1 aromatic heterocycles. The zero-order valence-corrected chi connectivity index (χ0v) is 26.3. The van der Waals surface area contributed by atoms with E-state index >= 15 is 0 Å². The summed E-state index contributed by atoms with van der Waals surface area (Å²) < 4.78 is 11.7. The number of nitrogens with one attached hydrogen (secondary N) is 3. The predicted molar refractivity (Wildman–Crippen MR) is 166 cm³/mol. The first-order valence-electron chi connectivity index (χ1n) is 15.0. The molecule has 1 fully saturated rings. The maximum atomic E-state index is 13.4. The zero-order valence-electron chi connectivity index (χ0n) is 26.3. The molecule has 5 unspecified atom stereocenters. The molecule has 0 aliphatic carbocycles. The lowest BCUT2D eigenvalue weighted by atomic mass is 9.94. The number of carbonyl (C=O) groups excluding carboxylic acids is 3. The van der Waals surface area contributed by atoms with Crippen molar-refractivity contribution in [1.82, 2.24) is 26.1 Å². The van der Waals surface area contributed by atoms with E-state index in [4.69, 9.17) is 9.47 Å². The summed E-state index contributed by atoms with van der Waals surface area (Å²) in [6.45, 7) is 15.7. The summed E-state index contributed by atoms with van der Waals surface area (Å²) in [4.78, 5) is 44.9. The van der Waals surface area contributed by atoms with Gasteiger partial charge in [-0.2, -0.15) is 0 Å². The summed E-state index contributed by atoms with van der Waals surface area (Å²) >= 11 is 0. The van der Waals surface area contributed by atoms with Crippen LogP contribution in [0.25, 0.3) is 16.8 Å². The number of pyridine rings is 1. The molecule has 232 valence electrons. The van der Waals surface area contributed by atoms with Gasteiger partial charge in [0.15, 0.2) is 0 Å². The molecule has 2 amide bonds. The molecule has 5 bridgehead atoms. The van der Waals surface area contributed by atoms with Crippen molar-refractivity contribution in [2.45, 2.75) is 84.2 Å². The van der Waals surface area contributed by atoms with Crippen molar-refractivity contribution >= 4 is 34.6 Å². The molecule has 1 saturated heterocycles. The highest BCUT2D eigenvalue weighted by Crippen LogP contribution is 2.28. The number of nitrogens with zero attached hydrogens (tertiary/aromatic N) is 2. The molecule has 6 atom stereocenters. The third kappa shape index (κ3) is 7.25. The number of carbonyl (C=O) groups is 3. The number of hydrogen-bond acceptors (Lipinski definition) is 8. The van der Waals surface area contributed by atoms with Crippen LogP contribution in [0.2, 0.25) is 0 Å². The number of rotatable bonds is 2. The molecular weight excluding hydrogens is 546 g/mol. The van der Waals surface area contributed by atoms with Crippen molar-refractivity contribution in [3.63, 3.8) is 0 Å². The highest BCUT2D eigenvalue weighted by atomic mass is 16.5. The Kier molecular flexibility index (Phi) is 9.92. The lowest BCUT2D eigenvalue weighted by Gasteiger charge is -2.41. The maximum absolute atomic E-state index is 13.4. The zero-order chi connectivity index (χ0) is 31.5. The molecule has 0 saturated carbocycles. The van der Waals surface area contributed by atoms with Crippen LogP contribution in [0.5, 0.6) is 0 Å². The van der Waals surface area contributed by atoms with Gasteiger partial charge in [-0.15, -0.1) is 0 Å². The van der Waals surface area contributed by atoms with Crippen molar-refractivity contribution in [2.75, 3.05) is 13.7 Å². The fraction of sp³-hybridized carbons (Fsp3) is 0.515. The molecule has 10 nitrogen and oxygen atoms in total. The van der Waals surface area contributed by atoms with Crippen LogP contribution in [0.1, 0.15) is 71.7 Å². The minimum atomic E-state index is -1.10. The molecule has 2 aromatic rings. The largest absolute Gasteiger partial charge is 0.456 e. The van der Waals surface area contributed by atoms with Crippen LogP contribution < -0.4 is 16.1 Å². The standard InChI is InChI=1S/C33H45N5O5/c1-19(2)29-30(39)36-22(5)31(40)38-15-9-14-33(7,37-38)32(41)43-23(6)24-10-11-25-18-34-27(17-26(25)16-24)12-13-28(42-8)20(3)21(4)35-29/h10-13,16-20,22-23,28-29,35,37H,4,9,14-15H2,1-3,5-8H3,(H,36,39)/b13-12+/t20?,22?,23-,28?,29?,33?/m1/s1. The average Bonchev–Trinajstić information content (AvgIpc) is 2.98. The van der Waals surface area contributed by atoms with Crippen LogP contribution in [0.15, 0.2) is 48.8 Å². The van der Waals surface area contributed by atoms with Gasteiger partial charge in [-0.25, -0.2) is 10.2 Å². The number of fused-ring (bicyclic) bond motifs is 4. The Hall–Kier alpha value is -3.76. The van der Waals surface area contributed by atoms with Gasteiger partial charge in [0, 0.05) is 36.9 Å². The van der Waals surface area contributed by atoms with Crippen molar-refractivity contribution < 1.29 is 23.9 Å². The van der Waals surface area contributed by atoms with E-state index < -0.39 is 29.7 Å². The first-order chi connectivity index (χ1) is 20.3. The van der Waals surface area contributed by atoms with Gasteiger partial charge in [0.2, 0.25) is 5.91 Å². The van der Waals surface area contributed by atoms with Crippen LogP contribution >= 0.6 is 0 Å². The highest BCUT2D eigenvalue weighted by molar-refractivity contribution is 5.90. The first-order valence-corrected chi connectivity index (χ1v) is 15.0. The second-order valence-corrected chi connectivity index (χ2v) is 12.3. The molecule has 43 heavy (non-hydrogen) atoms. The van der Waals surface area contributed by atoms with Crippen LogP contribution in [0.3, 0.4) is 0 Å². The van der Waals surface area contributed by atoms with E-state index in [1.165, 1.54) is 5.01 Å². The number of aromatic nitrogens is 1. The van der Waals surface area contributed by atoms with Crippen LogP contribution in [-0.4, -0.2) is 65.2 Å². The van der Waals surface area contributed by atoms with E-state index in [-0.39, 0.29) is 29.8 Å².